The molecule has 2 amide bonds. The fourth-order valence-electron chi connectivity index (χ4n) is 2.35. The second-order valence-electron chi connectivity index (χ2n) is 5.09. The van der Waals surface area contributed by atoms with Gasteiger partial charge in [-0.05, 0) is 13.8 Å². The lowest BCUT2D eigenvalue weighted by Gasteiger charge is -2.32. The molecule has 0 radical (unpaired) electrons. The predicted molar refractivity (Wildman–Crippen MR) is 75.8 cm³/mol. The number of carbonyl (C=O) groups excluding carboxylic acids is 2. The van der Waals surface area contributed by atoms with E-state index in [-0.39, 0.29) is 17.9 Å². The van der Waals surface area contributed by atoms with Gasteiger partial charge in [-0.2, -0.15) is 0 Å². The van der Waals surface area contributed by atoms with Crippen LogP contribution in [0.4, 0.5) is 0 Å². The van der Waals surface area contributed by atoms with Crippen LogP contribution in [-0.4, -0.2) is 59.0 Å². The van der Waals surface area contributed by atoms with E-state index in [0.29, 0.717) is 43.2 Å². The number of aromatic nitrogens is 2. The average Bonchev–Trinajstić information content (AvgIpc) is 2.45. The molecule has 7 heteroatoms. The average molecular weight is 292 g/mol. The summed E-state index contributed by atoms with van der Waals surface area (Å²) in [5.41, 5.74) is 1.79. The summed E-state index contributed by atoms with van der Waals surface area (Å²) in [4.78, 5) is 33.4. The van der Waals surface area contributed by atoms with E-state index in [4.69, 9.17) is 4.74 Å². The van der Waals surface area contributed by atoms with Crippen molar-refractivity contribution in [3.63, 3.8) is 0 Å². The molecule has 0 spiro atoms. The van der Waals surface area contributed by atoms with E-state index < -0.39 is 0 Å². The molecule has 1 saturated heterocycles. The number of nitrogens with zero attached hydrogens (tertiary/aromatic N) is 3. The van der Waals surface area contributed by atoms with Gasteiger partial charge in [0, 0.05) is 26.6 Å². The van der Waals surface area contributed by atoms with Gasteiger partial charge in [0.1, 0.15) is 6.33 Å². The number of hydrogen-bond donors (Lipinski definition) is 1. The van der Waals surface area contributed by atoms with E-state index in [1.807, 2.05) is 0 Å². The van der Waals surface area contributed by atoms with Crippen LogP contribution in [0.5, 0.6) is 0 Å². The quantitative estimate of drug-likeness (QED) is 0.852. The smallest absolute Gasteiger partial charge is 0.255 e. The fourth-order valence-corrected chi connectivity index (χ4v) is 2.35. The lowest BCUT2D eigenvalue weighted by Crippen LogP contribution is -2.49. The van der Waals surface area contributed by atoms with Crippen LogP contribution in [0.2, 0.25) is 0 Å². The SMILES string of the molecule is CC(=O)N1CCOC(CNC(=O)c2c(C)ncnc2C)C1. The van der Waals surface area contributed by atoms with Crippen LogP contribution in [0.1, 0.15) is 28.7 Å². The molecule has 2 rings (SSSR count). The van der Waals surface area contributed by atoms with Crippen LogP contribution in [0.25, 0.3) is 0 Å². The summed E-state index contributed by atoms with van der Waals surface area (Å²) in [5, 5.41) is 2.83. The van der Waals surface area contributed by atoms with Gasteiger partial charge in [0.15, 0.2) is 0 Å². The number of aryl methyl sites for hydroxylation is 2. The Morgan fingerprint density at radius 2 is 2.05 bits per heavy atom. The van der Waals surface area contributed by atoms with E-state index in [1.165, 1.54) is 13.3 Å². The van der Waals surface area contributed by atoms with Crippen molar-refractivity contribution in [1.82, 2.24) is 20.2 Å². The van der Waals surface area contributed by atoms with Gasteiger partial charge in [0.25, 0.3) is 5.91 Å². The zero-order valence-electron chi connectivity index (χ0n) is 12.5. The minimum Gasteiger partial charge on any atom is -0.373 e. The van der Waals surface area contributed by atoms with Gasteiger partial charge in [-0.3, -0.25) is 9.59 Å². The number of hydrogen-bond acceptors (Lipinski definition) is 5. The van der Waals surface area contributed by atoms with Gasteiger partial charge in [-0.1, -0.05) is 0 Å². The van der Waals surface area contributed by atoms with Crippen LogP contribution in [0.3, 0.4) is 0 Å². The van der Waals surface area contributed by atoms with Crippen molar-refractivity contribution in [2.24, 2.45) is 0 Å². The fraction of sp³-hybridized carbons (Fsp3) is 0.571. The predicted octanol–water partition coefficient (Wildman–Crippen LogP) is 0.0705. The van der Waals surface area contributed by atoms with Crippen molar-refractivity contribution < 1.29 is 14.3 Å². The molecule has 114 valence electrons. The van der Waals surface area contributed by atoms with Gasteiger partial charge in [-0.25, -0.2) is 9.97 Å². The highest BCUT2D eigenvalue weighted by Gasteiger charge is 2.23. The largest absolute Gasteiger partial charge is 0.373 e. The topological polar surface area (TPSA) is 84.4 Å². The van der Waals surface area contributed by atoms with Gasteiger partial charge in [0.2, 0.25) is 5.91 Å². The van der Waals surface area contributed by atoms with E-state index in [0.717, 1.165) is 0 Å². The standard InChI is InChI=1S/C14H20N4O3/c1-9-13(10(2)17-8-16-9)14(20)15-6-12-7-18(11(3)19)4-5-21-12/h8,12H,4-7H2,1-3H3,(H,15,20). The van der Waals surface area contributed by atoms with Crippen molar-refractivity contribution >= 4 is 11.8 Å². The molecular weight excluding hydrogens is 272 g/mol. The zero-order valence-corrected chi connectivity index (χ0v) is 12.5. The molecule has 1 fully saturated rings. The Morgan fingerprint density at radius 1 is 1.38 bits per heavy atom. The first kappa shape index (κ1) is 15.4. The summed E-state index contributed by atoms with van der Waals surface area (Å²) >= 11 is 0. The maximum atomic E-state index is 12.2. The third-order valence-corrected chi connectivity index (χ3v) is 3.53. The van der Waals surface area contributed by atoms with Gasteiger partial charge in [0.05, 0.1) is 29.7 Å². The third kappa shape index (κ3) is 3.75. The van der Waals surface area contributed by atoms with E-state index in [2.05, 4.69) is 15.3 Å². The Bertz CT molecular complexity index is 527. The minimum absolute atomic E-state index is 0.0257. The minimum atomic E-state index is -0.214. The highest BCUT2D eigenvalue weighted by atomic mass is 16.5. The lowest BCUT2D eigenvalue weighted by atomic mass is 10.1. The molecule has 1 unspecified atom stereocenters. The number of morpholine rings is 1. The Balaban J connectivity index is 1.94. The van der Waals surface area contributed by atoms with E-state index in [9.17, 15) is 9.59 Å². The van der Waals surface area contributed by atoms with Crippen LogP contribution in [0, 0.1) is 13.8 Å². The summed E-state index contributed by atoms with van der Waals surface area (Å²) in [6.07, 6.45) is 1.26. The summed E-state index contributed by atoms with van der Waals surface area (Å²) < 4.78 is 5.57. The van der Waals surface area contributed by atoms with Crippen molar-refractivity contribution in [3.8, 4) is 0 Å². The molecule has 1 aliphatic heterocycles. The Morgan fingerprint density at radius 3 is 2.67 bits per heavy atom. The molecule has 0 aromatic carbocycles. The maximum absolute atomic E-state index is 12.2. The zero-order chi connectivity index (χ0) is 15.4. The molecule has 2 heterocycles. The molecule has 1 aliphatic rings. The van der Waals surface area contributed by atoms with Gasteiger partial charge in [-0.15, -0.1) is 0 Å². The Hall–Kier alpha value is -2.02. The highest BCUT2D eigenvalue weighted by molar-refractivity contribution is 5.96. The second-order valence-corrected chi connectivity index (χ2v) is 5.09. The number of rotatable bonds is 3. The molecule has 1 atom stereocenters. The summed E-state index contributed by atoms with van der Waals surface area (Å²) in [7, 11) is 0. The first-order valence-electron chi connectivity index (χ1n) is 6.92. The molecule has 1 aromatic heterocycles. The molecule has 1 aromatic rings. The van der Waals surface area contributed by atoms with Crippen molar-refractivity contribution in [2.45, 2.75) is 26.9 Å². The number of nitrogens with one attached hydrogen (secondary N) is 1. The molecular formula is C14H20N4O3. The summed E-state index contributed by atoms with van der Waals surface area (Å²) in [5.74, 6) is -0.188. The van der Waals surface area contributed by atoms with E-state index in [1.54, 1.807) is 18.7 Å². The monoisotopic (exact) mass is 292 g/mol. The Labute approximate surface area is 123 Å². The van der Waals surface area contributed by atoms with Gasteiger partial charge >= 0.3 is 0 Å². The molecule has 0 bridgehead atoms. The number of carbonyl (C=O) groups is 2. The van der Waals surface area contributed by atoms with E-state index >= 15 is 0 Å². The van der Waals surface area contributed by atoms with Crippen LogP contribution >= 0.6 is 0 Å². The van der Waals surface area contributed by atoms with Crippen molar-refractivity contribution in [3.05, 3.63) is 23.3 Å². The van der Waals surface area contributed by atoms with Crippen molar-refractivity contribution in [1.29, 1.82) is 0 Å². The molecule has 1 N–H and O–H groups in total. The molecule has 21 heavy (non-hydrogen) atoms. The number of ether oxygens (including phenoxy) is 1. The second kappa shape index (κ2) is 6.62. The van der Waals surface area contributed by atoms with Crippen molar-refractivity contribution in [2.75, 3.05) is 26.2 Å². The molecule has 7 nitrogen and oxygen atoms in total. The molecule has 0 saturated carbocycles. The normalized spacial score (nSPS) is 18.4. The maximum Gasteiger partial charge on any atom is 0.255 e. The van der Waals surface area contributed by atoms with Gasteiger partial charge < -0.3 is 15.0 Å². The lowest BCUT2D eigenvalue weighted by molar-refractivity contribution is -0.136. The summed E-state index contributed by atoms with van der Waals surface area (Å²) in [6, 6.07) is 0. The molecule has 0 aliphatic carbocycles. The summed E-state index contributed by atoms with van der Waals surface area (Å²) in [6.45, 7) is 7.04. The van der Waals surface area contributed by atoms with Crippen LogP contribution in [-0.2, 0) is 9.53 Å². The first-order chi connectivity index (χ1) is 9.99. The highest BCUT2D eigenvalue weighted by Crippen LogP contribution is 2.09. The Kier molecular flexibility index (Phi) is 4.85. The number of amides is 2. The first-order valence-corrected chi connectivity index (χ1v) is 6.92. The third-order valence-electron chi connectivity index (χ3n) is 3.53. The van der Waals surface area contributed by atoms with Crippen LogP contribution in [0.15, 0.2) is 6.33 Å². The van der Waals surface area contributed by atoms with Crippen LogP contribution < -0.4 is 5.32 Å².